The molecule has 36 heavy (non-hydrogen) atoms. The summed E-state index contributed by atoms with van der Waals surface area (Å²) in [6.45, 7) is 0. The topological polar surface area (TPSA) is 24.4 Å². The molecule has 0 amide bonds. The number of rotatable bonds is 8. The van der Waals surface area contributed by atoms with Crippen LogP contribution in [-0.2, 0) is 0 Å². The minimum atomic E-state index is -0.206. The van der Waals surface area contributed by atoms with E-state index in [4.69, 9.17) is 16.6 Å². The third-order valence-electron chi connectivity index (χ3n) is 6.14. The van der Waals surface area contributed by atoms with Gasteiger partial charge in [-0.3, -0.25) is 4.99 Å². The Hall–Kier alpha value is -4.14. The summed E-state index contributed by atoms with van der Waals surface area (Å²) in [5.74, 6) is 0. The highest BCUT2D eigenvalue weighted by Crippen LogP contribution is 2.37. The summed E-state index contributed by atoms with van der Waals surface area (Å²) in [5, 5.41) is 4.49. The molecule has 0 fully saturated rings. The fourth-order valence-corrected chi connectivity index (χ4v) is 4.49. The van der Waals surface area contributed by atoms with Crippen LogP contribution in [-0.4, -0.2) is 5.71 Å². The Morgan fingerprint density at radius 1 is 0.528 bits per heavy atom. The van der Waals surface area contributed by atoms with Crippen molar-refractivity contribution < 1.29 is 0 Å². The zero-order valence-corrected chi connectivity index (χ0v) is 20.6. The van der Waals surface area contributed by atoms with Crippen molar-refractivity contribution in [1.82, 2.24) is 0 Å². The van der Waals surface area contributed by atoms with Crippen LogP contribution in [0.5, 0.6) is 0 Å². The van der Waals surface area contributed by atoms with Gasteiger partial charge in [-0.05, 0) is 35.4 Å². The molecule has 0 spiro atoms. The smallest absolute Gasteiger partial charge is 0.0999 e. The van der Waals surface area contributed by atoms with Gasteiger partial charge in [0.25, 0.3) is 0 Å². The van der Waals surface area contributed by atoms with E-state index in [0.29, 0.717) is 5.02 Å². The van der Waals surface area contributed by atoms with E-state index in [2.05, 4.69) is 102 Å². The Labute approximate surface area is 218 Å². The molecule has 0 aliphatic carbocycles. The summed E-state index contributed by atoms with van der Waals surface area (Å²) >= 11 is 6.27. The summed E-state index contributed by atoms with van der Waals surface area (Å²) in [6.07, 6.45) is 0. The van der Waals surface area contributed by atoms with E-state index < -0.39 is 0 Å². The maximum absolute atomic E-state index is 6.27. The fraction of sp³-hybridized carbons (Fsp3) is 0.0606. The number of anilines is 1. The lowest BCUT2D eigenvalue weighted by Gasteiger charge is -2.28. The van der Waals surface area contributed by atoms with Gasteiger partial charge in [0.15, 0.2) is 0 Å². The lowest BCUT2D eigenvalue weighted by molar-refractivity contribution is 0.613. The van der Waals surface area contributed by atoms with Crippen molar-refractivity contribution in [2.75, 3.05) is 5.32 Å². The molecule has 176 valence electrons. The van der Waals surface area contributed by atoms with Gasteiger partial charge in [-0.1, -0.05) is 133 Å². The van der Waals surface area contributed by atoms with Crippen LogP contribution in [0.25, 0.3) is 0 Å². The van der Waals surface area contributed by atoms with Gasteiger partial charge in [0.1, 0.15) is 0 Å². The second-order valence-corrected chi connectivity index (χ2v) is 9.04. The predicted octanol–water partition coefficient (Wildman–Crippen LogP) is 8.77. The predicted molar refractivity (Wildman–Crippen MR) is 152 cm³/mol. The third kappa shape index (κ3) is 5.73. The van der Waals surface area contributed by atoms with Gasteiger partial charge in [-0.2, -0.15) is 0 Å². The maximum Gasteiger partial charge on any atom is 0.0999 e. The van der Waals surface area contributed by atoms with Crippen molar-refractivity contribution >= 4 is 23.0 Å². The highest BCUT2D eigenvalue weighted by molar-refractivity contribution is 6.30. The number of halogens is 1. The molecule has 5 aromatic rings. The lowest BCUT2D eigenvalue weighted by Crippen LogP contribution is -2.20. The van der Waals surface area contributed by atoms with Gasteiger partial charge < -0.3 is 5.32 Å². The van der Waals surface area contributed by atoms with E-state index in [-0.39, 0.29) is 12.1 Å². The van der Waals surface area contributed by atoms with Crippen LogP contribution in [0.15, 0.2) is 151 Å². The Morgan fingerprint density at radius 3 is 1.53 bits per heavy atom. The molecular weight excluding hydrogens is 460 g/mol. The summed E-state index contributed by atoms with van der Waals surface area (Å²) in [7, 11) is 0. The van der Waals surface area contributed by atoms with E-state index in [0.717, 1.165) is 33.7 Å². The quantitative estimate of drug-likeness (QED) is 0.218. The average Bonchev–Trinajstić information content (AvgIpc) is 2.95. The van der Waals surface area contributed by atoms with Crippen LogP contribution < -0.4 is 5.32 Å². The summed E-state index contributed by atoms with van der Waals surface area (Å²) in [4.78, 5) is 5.50. The van der Waals surface area contributed by atoms with E-state index in [1.54, 1.807) is 0 Å². The lowest BCUT2D eigenvalue weighted by atomic mass is 9.92. The molecule has 0 aliphatic heterocycles. The first-order valence-electron chi connectivity index (χ1n) is 12.1. The molecule has 0 bridgehead atoms. The number of hydrogen-bond acceptors (Lipinski definition) is 2. The van der Waals surface area contributed by atoms with Crippen LogP contribution in [0.2, 0.25) is 5.02 Å². The largest absolute Gasteiger partial charge is 0.376 e. The average molecular weight is 487 g/mol. The molecule has 0 heterocycles. The van der Waals surface area contributed by atoms with Crippen molar-refractivity contribution in [2.45, 2.75) is 12.1 Å². The zero-order chi connectivity index (χ0) is 24.6. The standard InChI is InChI=1S/C33H27ClN2/c34-29-23-21-28(22-24-29)32(35-30-19-11-4-12-20-30)33(27-17-9-3-10-18-27)36-31(25-13-5-1-6-14-25)26-15-7-2-8-16-26/h1-24,32-33,35H/t32-,33-/m0/s1. The number of aliphatic imine (C=N–C) groups is 1. The first-order chi connectivity index (χ1) is 17.8. The molecule has 0 aliphatic rings. The number of benzene rings is 5. The summed E-state index contributed by atoms with van der Waals surface area (Å²) in [5.41, 5.74) is 6.40. The molecule has 5 aromatic carbocycles. The molecule has 0 saturated carbocycles. The van der Waals surface area contributed by atoms with E-state index in [1.165, 1.54) is 0 Å². The molecule has 0 aromatic heterocycles. The number of hydrogen-bond donors (Lipinski definition) is 1. The molecule has 3 heteroatoms. The molecule has 1 N–H and O–H groups in total. The van der Waals surface area contributed by atoms with E-state index in [1.807, 2.05) is 48.5 Å². The molecular formula is C33H27ClN2. The van der Waals surface area contributed by atoms with Crippen molar-refractivity contribution in [3.8, 4) is 0 Å². The van der Waals surface area contributed by atoms with Gasteiger partial charge in [0.2, 0.25) is 0 Å². The minimum Gasteiger partial charge on any atom is -0.376 e. The maximum atomic E-state index is 6.27. The normalized spacial score (nSPS) is 12.4. The number of nitrogens with zero attached hydrogens (tertiary/aromatic N) is 1. The summed E-state index contributed by atoms with van der Waals surface area (Å²) < 4.78 is 0. The molecule has 2 nitrogen and oxygen atoms in total. The second-order valence-electron chi connectivity index (χ2n) is 8.60. The van der Waals surface area contributed by atoms with Crippen LogP contribution in [0, 0.1) is 0 Å². The Morgan fingerprint density at radius 2 is 1.00 bits per heavy atom. The van der Waals surface area contributed by atoms with Gasteiger partial charge in [0, 0.05) is 21.8 Å². The van der Waals surface area contributed by atoms with Gasteiger partial charge in [-0.25, -0.2) is 0 Å². The molecule has 5 rings (SSSR count). The van der Waals surface area contributed by atoms with E-state index in [9.17, 15) is 0 Å². The van der Waals surface area contributed by atoms with Crippen LogP contribution in [0.1, 0.15) is 34.3 Å². The molecule has 0 unspecified atom stereocenters. The minimum absolute atomic E-state index is 0.130. The van der Waals surface area contributed by atoms with Gasteiger partial charge >= 0.3 is 0 Å². The second kappa shape index (κ2) is 11.5. The first-order valence-corrected chi connectivity index (χ1v) is 12.5. The highest BCUT2D eigenvalue weighted by Gasteiger charge is 2.26. The van der Waals surface area contributed by atoms with Crippen molar-refractivity contribution in [3.63, 3.8) is 0 Å². The Bertz CT molecular complexity index is 1340. The summed E-state index contributed by atoms with van der Waals surface area (Å²) in [6, 6.07) is 49.3. The Balaban J connectivity index is 1.70. The van der Waals surface area contributed by atoms with Gasteiger partial charge in [-0.15, -0.1) is 0 Å². The molecule has 0 radical (unpaired) electrons. The zero-order valence-electron chi connectivity index (χ0n) is 19.8. The number of nitrogens with one attached hydrogen (secondary N) is 1. The van der Waals surface area contributed by atoms with Crippen molar-refractivity contribution in [2.24, 2.45) is 4.99 Å². The SMILES string of the molecule is Clc1ccc([C@H](Nc2ccccc2)[C@@H](N=C(c2ccccc2)c2ccccc2)c2ccccc2)cc1. The van der Waals surface area contributed by atoms with E-state index >= 15 is 0 Å². The van der Waals surface area contributed by atoms with Gasteiger partial charge in [0.05, 0.1) is 17.8 Å². The number of para-hydroxylation sites is 1. The van der Waals surface area contributed by atoms with Crippen molar-refractivity contribution in [3.05, 3.63) is 173 Å². The van der Waals surface area contributed by atoms with Crippen LogP contribution >= 0.6 is 11.6 Å². The fourth-order valence-electron chi connectivity index (χ4n) is 4.37. The third-order valence-corrected chi connectivity index (χ3v) is 6.40. The van der Waals surface area contributed by atoms with Crippen LogP contribution in [0.4, 0.5) is 5.69 Å². The Kier molecular flexibility index (Phi) is 7.55. The monoisotopic (exact) mass is 486 g/mol. The van der Waals surface area contributed by atoms with Crippen LogP contribution in [0.3, 0.4) is 0 Å². The molecule has 0 saturated heterocycles. The first kappa shape index (κ1) is 23.6. The molecule has 2 atom stereocenters. The highest BCUT2D eigenvalue weighted by atomic mass is 35.5. The van der Waals surface area contributed by atoms with Crippen molar-refractivity contribution in [1.29, 1.82) is 0 Å².